The lowest BCUT2D eigenvalue weighted by atomic mass is 10.1. The predicted molar refractivity (Wildman–Crippen MR) is 90.2 cm³/mol. The highest BCUT2D eigenvalue weighted by molar-refractivity contribution is 9.42. The van der Waals surface area contributed by atoms with E-state index in [4.69, 9.17) is 0 Å². The van der Waals surface area contributed by atoms with E-state index in [-0.39, 0.29) is 13.2 Å². The molecule has 0 aromatic heterocycles. The molecule has 0 N–H and O–H groups in total. The fraction of sp³-hybridized carbons (Fsp3) is 1.00. The maximum atomic E-state index is 3.99. The number of hydrogen-bond acceptors (Lipinski definition) is 0. The first-order chi connectivity index (χ1) is 8.24. The fourth-order valence-corrected chi connectivity index (χ4v) is 17.4. The molecule has 0 aromatic rings. The van der Waals surface area contributed by atoms with Gasteiger partial charge >= 0.3 is 0 Å². The van der Waals surface area contributed by atoms with E-state index in [1.807, 2.05) is 0 Å². The van der Waals surface area contributed by atoms with E-state index in [9.17, 15) is 0 Å². The second-order valence-electron chi connectivity index (χ2n) is 5.73. The number of rotatable bonds is 6. The molecule has 2 unspecified atom stereocenters. The second-order valence-corrected chi connectivity index (χ2v) is 15.5. The maximum absolute atomic E-state index is 3.99. The molecule has 0 saturated heterocycles. The Morgan fingerprint density at radius 2 is 1.06 bits per heavy atom. The average Bonchev–Trinajstić information content (AvgIpc) is 2.90. The standard InChI is InChI=1S/C13H24Br2P2/c14-16(9-12-5-1-2-6-12)11-17(15)10-13-7-3-4-8-13/h12-13H,1-11H2. The minimum atomic E-state index is 0.143. The highest BCUT2D eigenvalue weighted by atomic mass is 79.9. The monoisotopic (exact) mass is 400 g/mol. The number of hydrogen-bond donors (Lipinski definition) is 0. The van der Waals surface area contributed by atoms with Gasteiger partial charge in [0.15, 0.2) is 0 Å². The van der Waals surface area contributed by atoms with E-state index in [1.54, 1.807) is 0 Å². The van der Waals surface area contributed by atoms with Crippen LogP contribution in [0.1, 0.15) is 51.4 Å². The summed E-state index contributed by atoms with van der Waals surface area (Å²) >= 11 is 7.98. The molecule has 2 aliphatic carbocycles. The highest BCUT2D eigenvalue weighted by Crippen LogP contribution is 2.62. The largest absolute Gasteiger partial charge is 0.0601 e. The van der Waals surface area contributed by atoms with E-state index in [2.05, 4.69) is 31.0 Å². The first-order valence-electron chi connectivity index (χ1n) is 7.05. The molecule has 0 radical (unpaired) electrons. The van der Waals surface area contributed by atoms with Crippen molar-refractivity contribution >= 4 is 44.2 Å². The molecule has 0 aromatic carbocycles. The molecule has 2 aliphatic rings. The van der Waals surface area contributed by atoms with Crippen molar-refractivity contribution in [3.63, 3.8) is 0 Å². The third-order valence-electron chi connectivity index (χ3n) is 4.17. The Labute approximate surface area is 125 Å². The van der Waals surface area contributed by atoms with Crippen LogP contribution in [0.25, 0.3) is 0 Å². The molecule has 0 aliphatic heterocycles. The molecule has 17 heavy (non-hydrogen) atoms. The Balaban J connectivity index is 1.60. The van der Waals surface area contributed by atoms with Gasteiger partial charge in [-0.05, 0) is 37.4 Å². The van der Waals surface area contributed by atoms with Crippen LogP contribution in [0.5, 0.6) is 0 Å². The van der Waals surface area contributed by atoms with Crippen molar-refractivity contribution in [1.29, 1.82) is 0 Å². The van der Waals surface area contributed by atoms with Gasteiger partial charge in [0, 0.05) is 5.90 Å². The molecular formula is C13H24Br2P2. The van der Waals surface area contributed by atoms with Crippen LogP contribution in [0.2, 0.25) is 0 Å². The minimum absolute atomic E-state index is 0.143. The summed E-state index contributed by atoms with van der Waals surface area (Å²) in [5, 5.41) is 0. The van der Waals surface area contributed by atoms with Crippen LogP contribution >= 0.6 is 44.2 Å². The zero-order chi connectivity index (χ0) is 12.1. The van der Waals surface area contributed by atoms with Crippen molar-refractivity contribution < 1.29 is 0 Å². The summed E-state index contributed by atoms with van der Waals surface area (Å²) in [6.45, 7) is 0.286. The summed E-state index contributed by atoms with van der Waals surface area (Å²) in [4.78, 5) is 0. The molecule has 2 atom stereocenters. The zero-order valence-electron chi connectivity index (χ0n) is 10.6. The zero-order valence-corrected chi connectivity index (χ0v) is 15.5. The van der Waals surface area contributed by atoms with Crippen molar-refractivity contribution in [1.82, 2.24) is 0 Å². The van der Waals surface area contributed by atoms with Gasteiger partial charge < -0.3 is 0 Å². The molecule has 0 bridgehead atoms. The van der Waals surface area contributed by atoms with Crippen molar-refractivity contribution in [2.24, 2.45) is 11.8 Å². The van der Waals surface area contributed by atoms with Crippen LogP contribution < -0.4 is 0 Å². The molecule has 2 rings (SSSR count). The number of halogens is 2. The smallest absolute Gasteiger partial charge is 0.00766 e. The topological polar surface area (TPSA) is 0 Å². The lowest BCUT2D eigenvalue weighted by Crippen LogP contribution is -2.01. The van der Waals surface area contributed by atoms with Gasteiger partial charge in [0.25, 0.3) is 0 Å². The summed E-state index contributed by atoms with van der Waals surface area (Å²) in [6, 6.07) is 0. The van der Waals surface area contributed by atoms with Crippen LogP contribution in [-0.4, -0.2) is 18.2 Å². The molecule has 0 spiro atoms. The average molecular weight is 402 g/mol. The molecule has 0 amide bonds. The molecule has 0 nitrogen and oxygen atoms in total. The van der Waals surface area contributed by atoms with E-state index < -0.39 is 0 Å². The minimum Gasteiger partial charge on any atom is -0.0601 e. The Morgan fingerprint density at radius 3 is 1.41 bits per heavy atom. The first-order valence-corrected chi connectivity index (χ1v) is 14.5. The van der Waals surface area contributed by atoms with Gasteiger partial charge in [0.1, 0.15) is 0 Å². The third kappa shape index (κ3) is 5.76. The van der Waals surface area contributed by atoms with Gasteiger partial charge in [-0.2, -0.15) is 0 Å². The first kappa shape index (κ1) is 15.2. The van der Waals surface area contributed by atoms with Crippen LogP contribution in [0.3, 0.4) is 0 Å². The van der Waals surface area contributed by atoms with E-state index in [1.165, 1.54) is 69.6 Å². The Hall–Kier alpha value is 1.82. The molecule has 100 valence electrons. The Kier molecular flexibility index (Phi) is 7.32. The summed E-state index contributed by atoms with van der Waals surface area (Å²) in [5.41, 5.74) is 0. The van der Waals surface area contributed by atoms with Crippen molar-refractivity contribution in [2.75, 3.05) is 18.2 Å². The lowest BCUT2D eigenvalue weighted by Gasteiger charge is -2.20. The van der Waals surface area contributed by atoms with Gasteiger partial charge in [0.2, 0.25) is 0 Å². The van der Waals surface area contributed by atoms with E-state index in [0.717, 1.165) is 11.8 Å². The van der Waals surface area contributed by atoms with Gasteiger partial charge in [-0.3, -0.25) is 0 Å². The molecule has 4 heteroatoms. The molecule has 0 heterocycles. The highest BCUT2D eigenvalue weighted by Gasteiger charge is 2.23. The fourth-order valence-electron chi connectivity index (χ4n) is 3.23. The molecule has 2 fully saturated rings. The van der Waals surface area contributed by atoms with Crippen molar-refractivity contribution in [2.45, 2.75) is 51.4 Å². The van der Waals surface area contributed by atoms with Gasteiger partial charge in [0.05, 0.1) is 0 Å². The molecular weight excluding hydrogens is 378 g/mol. The van der Waals surface area contributed by atoms with Gasteiger partial charge in [-0.15, -0.1) is 0 Å². The Morgan fingerprint density at radius 1 is 0.706 bits per heavy atom. The van der Waals surface area contributed by atoms with Crippen LogP contribution in [0.15, 0.2) is 0 Å². The van der Waals surface area contributed by atoms with Crippen molar-refractivity contribution in [3.8, 4) is 0 Å². The molecule has 2 saturated carbocycles. The quantitative estimate of drug-likeness (QED) is 0.424. The third-order valence-corrected chi connectivity index (χ3v) is 14.2. The maximum Gasteiger partial charge on any atom is 0.00766 e. The summed E-state index contributed by atoms with van der Waals surface area (Å²) < 4.78 is 0. The van der Waals surface area contributed by atoms with E-state index in [0.29, 0.717) is 0 Å². The summed E-state index contributed by atoms with van der Waals surface area (Å²) in [7, 11) is 0. The Bertz CT molecular complexity index is 191. The lowest BCUT2D eigenvalue weighted by molar-refractivity contribution is 0.619. The van der Waals surface area contributed by atoms with E-state index >= 15 is 0 Å². The van der Waals surface area contributed by atoms with Gasteiger partial charge in [-0.1, -0.05) is 82.3 Å². The summed E-state index contributed by atoms with van der Waals surface area (Å²) in [5.74, 6) is 3.57. The van der Waals surface area contributed by atoms with Crippen molar-refractivity contribution in [3.05, 3.63) is 0 Å². The summed E-state index contributed by atoms with van der Waals surface area (Å²) in [6.07, 6.45) is 15.0. The second kappa shape index (κ2) is 8.18. The SMILES string of the molecule is BrP(CC1CCCC1)CP(Br)CC1CCCC1. The van der Waals surface area contributed by atoms with Crippen LogP contribution in [0.4, 0.5) is 0 Å². The van der Waals surface area contributed by atoms with Gasteiger partial charge in [-0.25, -0.2) is 0 Å². The van der Waals surface area contributed by atoms with Crippen LogP contribution in [0, 0.1) is 11.8 Å². The predicted octanol–water partition coefficient (Wildman–Crippen LogP) is 6.91. The normalized spacial score (nSPS) is 26.5. The van der Waals surface area contributed by atoms with Crippen LogP contribution in [-0.2, 0) is 0 Å².